The Labute approximate surface area is 73.1 Å². The standard InChI is InChI=1S/C8H7FN2O2/c1-12-8-11-6-3-4(10)2-5(9)7(6)13-8/h2-3H,10H2,1H3. The van der Waals surface area contributed by atoms with Crippen molar-refractivity contribution in [2.24, 2.45) is 0 Å². The fourth-order valence-electron chi connectivity index (χ4n) is 1.08. The number of fused-ring (bicyclic) bond motifs is 1. The third-order valence-electron chi connectivity index (χ3n) is 1.62. The van der Waals surface area contributed by atoms with Crippen molar-refractivity contribution in [3.63, 3.8) is 0 Å². The molecule has 13 heavy (non-hydrogen) atoms. The van der Waals surface area contributed by atoms with Crippen molar-refractivity contribution >= 4 is 16.8 Å². The molecule has 0 amide bonds. The highest BCUT2D eigenvalue weighted by Gasteiger charge is 2.10. The van der Waals surface area contributed by atoms with Crippen LogP contribution in [0.25, 0.3) is 11.1 Å². The molecule has 1 heterocycles. The van der Waals surface area contributed by atoms with Crippen LogP contribution < -0.4 is 10.5 Å². The van der Waals surface area contributed by atoms with Gasteiger partial charge < -0.3 is 14.9 Å². The van der Waals surface area contributed by atoms with Gasteiger partial charge in [-0.15, -0.1) is 0 Å². The van der Waals surface area contributed by atoms with Gasteiger partial charge in [-0.25, -0.2) is 4.39 Å². The lowest BCUT2D eigenvalue weighted by molar-refractivity contribution is 0.297. The van der Waals surface area contributed by atoms with Crippen molar-refractivity contribution in [3.05, 3.63) is 17.9 Å². The number of oxazole rings is 1. The Morgan fingerprint density at radius 1 is 1.54 bits per heavy atom. The maximum Gasteiger partial charge on any atom is 0.394 e. The summed E-state index contributed by atoms with van der Waals surface area (Å²) in [6.45, 7) is 0. The highest BCUT2D eigenvalue weighted by Crippen LogP contribution is 2.25. The minimum atomic E-state index is -0.536. The summed E-state index contributed by atoms with van der Waals surface area (Å²) >= 11 is 0. The molecule has 0 fully saturated rings. The van der Waals surface area contributed by atoms with Crippen LogP contribution in [0.3, 0.4) is 0 Å². The van der Waals surface area contributed by atoms with E-state index in [1.165, 1.54) is 19.2 Å². The highest BCUT2D eigenvalue weighted by molar-refractivity contribution is 5.77. The Hall–Kier alpha value is -1.78. The first-order valence-corrected chi connectivity index (χ1v) is 3.60. The van der Waals surface area contributed by atoms with Gasteiger partial charge in [0.1, 0.15) is 5.52 Å². The number of halogens is 1. The van der Waals surface area contributed by atoms with Gasteiger partial charge in [-0.2, -0.15) is 4.98 Å². The van der Waals surface area contributed by atoms with Crippen molar-refractivity contribution in [3.8, 4) is 6.08 Å². The van der Waals surface area contributed by atoms with Crippen LogP contribution >= 0.6 is 0 Å². The number of nitrogens with two attached hydrogens (primary N) is 1. The van der Waals surface area contributed by atoms with Gasteiger partial charge in [0.15, 0.2) is 11.4 Å². The Morgan fingerprint density at radius 2 is 2.31 bits per heavy atom. The minimum absolute atomic E-state index is 0.0273. The second-order valence-corrected chi connectivity index (χ2v) is 2.53. The van der Waals surface area contributed by atoms with E-state index in [-0.39, 0.29) is 11.7 Å². The second kappa shape index (κ2) is 2.62. The molecule has 0 atom stereocenters. The summed E-state index contributed by atoms with van der Waals surface area (Å²) in [7, 11) is 1.39. The molecule has 1 aromatic carbocycles. The Bertz CT molecular complexity index is 453. The van der Waals surface area contributed by atoms with Gasteiger partial charge in [0.05, 0.1) is 7.11 Å². The smallest absolute Gasteiger partial charge is 0.394 e. The van der Waals surface area contributed by atoms with E-state index in [9.17, 15) is 4.39 Å². The normalized spacial score (nSPS) is 10.6. The topological polar surface area (TPSA) is 61.3 Å². The molecule has 1 aromatic heterocycles. The third-order valence-corrected chi connectivity index (χ3v) is 1.62. The molecule has 0 unspecified atom stereocenters. The molecular formula is C8H7FN2O2. The van der Waals surface area contributed by atoms with Crippen LogP contribution in [0.15, 0.2) is 16.5 Å². The highest BCUT2D eigenvalue weighted by atomic mass is 19.1. The zero-order chi connectivity index (χ0) is 9.42. The molecule has 2 aromatic rings. The first-order chi connectivity index (χ1) is 6.20. The number of benzene rings is 1. The Kier molecular flexibility index (Phi) is 1.58. The van der Waals surface area contributed by atoms with Crippen molar-refractivity contribution in [1.82, 2.24) is 4.98 Å². The molecule has 0 saturated heterocycles. The van der Waals surface area contributed by atoms with E-state index in [2.05, 4.69) is 4.98 Å². The van der Waals surface area contributed by atoms with Crippen molar-refractivity contribution in [2.75, 3.05) is 12.8 Å². The SMILES string of the molecule is COc1nc2cc(N)cc(F)c2o1. The number of hydrogen-bond acceptors (Lipinski definition) is 4. The van der Waals surface area contributed by atoms with Crippen molar-refractivity contribution in [1.29, 1.82) is 0 Å². The molecule has 4 nitrogen and oxygen atoms in total. The van der Waals surface area contributed by atoms with Crippen LogP contribution in [0.5, 0.6) is 6.08 Å². The molecule has 0 bridgehead atoms. The van der Waals surface area contributed by atoms with Crippen molar-refractivity contribution < 1.29 is 13.5 Å². The van der Waals surface area contributed by atoms with Crippen molar-refractivity contribution in [2.45, 2.75) is 0 Å². The number of aromatic nitrogens is 1. The molecule has 0 aliphatic rings. The molecule has 68 valence electrons. The summed E-state index contributed by atoms with van der Waals surface area (Å²) in [6.07, 6.45) is 0.0273. The average Bonchev–Trinajstić information content (AvgIpc) is 2.47. The molecule has 5 heteroatoms. The van der Waals surface area contributed by atoms with E-state index in [1.54, 1.807) is 0 Å². The molecule has 0 aliphatic carbocycles. The van der Waals surface area contributed by atoms with Gasteiger partial charge in [-0.05, 0) is 6.07 Å². The van der Waals surface area contributed by atoms with E-state index in [0.717, 1.165) is 0 Å². The average molecular weight is 182 g/mol. The van der Waals surface area contributed by atoms with E-state index in [0.29, 0.717) is 11.2 Å². The van der Waals surface area contributed by atoms with Gasteiger partial charge >= 0.3 is 6.08 Å². The fourth-order valence-corrected chi connectivity index (χ4v) is 1.08. The summed E-state index contributed by atoms with van der Waals surface area (Å²) in [5, 5.41) is 0. The minimum Gasteiger partial charge on any atom is -0.453 e. The zero-order valence-electron chi connectivity index (χ0n) is 6.87. The molecular weight excluding hydrogens is 175 g/mol. The predicted molar refractivity (Wildman–Crippen MR) is 44.9 cm³/mol. The van der Waals surface area contributed by atoms with Crippen LogP contribution in [0.1, 0.15) is 0 Å². The Morgan fingerprint density at radius 3 is 3.00 bits per heavy atom. The lowest BCUT2D eigenvalue weighted by Crippen LogP contribution is -1.86. The van der Waals surface area contributed by atoms with Gasteiger partial charge in [0, 0.05) is 11.8 Å². The number of nitrogens with zero attached hydrogens (tertiary/aromatic N) is 1. The second-order valence-electron chi connectivity index (χ2n) is 2.53. The van der Waals surface area contributed by atoms with Gasteiger partial charge in [-0.3, -0.25) is 0 Å². The summed E-state index contributed by atoms with van der Waals surface area (Å²) in [5.74, 6) is -0.536. The Balaban J connectivity index is 2.75. The molecule has 0 aliphatic heterocycles. The largest absolute Gasteiger partial charge is 0.453 e. The lowest BCUT2D eigenvalue weighted by Gasteiger charge is -1.91. The van der Waals surface area contributed by atoms with Crippen LogP contribution in [0.4, 0.5) is 10.1 Å². The van der Waals surface area contributed by atoms with E-state index >= 15 is 0 Å². The first kappa shape index (κ1) is 7.85. The predicted octanol–water partition coefficient (Wildman–Crippen LogP) is 1.56. The van der Waals surface area contributed by atoms with E-state index in [4.69, 9.17) is 14.9 Å². The molecule has 0 radical (unpaired) electrons. The van der Waals surface area contributed by atoms with Gasteiger partial charge in [0.2, 0.25) is 0 Å². The summed E-state index contributed by atoms with van der Waals surface area (Å²) in [4.78, 5) is 3.84. The monoisotopic (exact) mass is 182 g/mol. The molecule has 0 saturated carbocycles. The van der Waals surface area contributed by atoms with Crippen LogP contribution in [-0.4, -0.2) is 12.1 Å². The maximum atomic E-state index is 13.1. The summed E-state index contributed by atoms with van der Waals surface area (Å²) in [5.41, 5.74) is 6.14. The van der Waals surface area contributed by atoms with Crippen LogP contribution in [0, 0.1) is 5.82 Å². The molecule has 0 spiro atoms. The summed E-state index contributed by atoms with van der Waals surface area (Å²) in [6, 6.07) is 2.69. The molecule has 2 rings (SSSR count). The number of anilines is 1. The first-order valence-electron chi connectivity index (χ1n) is 3.60. The van der Waals surface area contributed by atoms with E-state index < -0.39 is 5.82 Å². The zero-order valence-corrected chi connectivity index (χ0v) is 6.87. The number of rotatable bonds is 1. The number of hydrogen-bond donors (Lipinski definition) is 1. The van der Waals surface area contributed by atoms with Gasteiger partial charge in [-0.1, -0.05) is 0 Å². The lowest BCUT2D eigenvalue weighted by atomic mass is 10.3. The van der Waals surface area contributed by atoms with E-state index in [1.807, 2.05) is 0 Å². The maximum absolute atomic E-state index is 13.1. The quantitative estimate of drug-likeness (QED) is 0.680. The third kappa shape index (κ3) is 1.18. The number of nitrogen functional groups attached to an aromatic ring is 1. The number of methoxy groups -OCH3 is 1. The summed E-state index contributed by atoms with van der Waals surface area (Å²) < 4.78 is 22.8. The number of ether oxygens (including phenoxy) is 1. The molecule has 2 N–H and O–H groups in total. The fraction of sp³-hybridized carbons (Fsp3) is 0.125. The van der Waals surface area contributed by atoms with Crippen LogP contribution in [0.2, 0.25) is 0 Å². The van der Waals surface area contributed by atoms with Crippen LogP contribution in [-0.2, 0) is 0 Å². The van der Waals surface area contributed by atoms with Gasteiger partial charge in [0.25, 0.3) is 0 Å².